The number of ether oxygens (including phenoxy) is 4. The molecule has 5 rings (SSSR count). The molecule has 0 amide bonds. The molecule has 1 unspecified atom stereocenters. The summed E-state index contributed by atoms with van der Waals surface area (Å²) in [7, 11) is 1.62. The Morgan fingerprint density at radius 2 is 1.63 bits per heavy atom. The van der Waals surface area contributed by atoms with Gasteiger partial charge in [-0.05, 0) is 67.1 Å². The Balaban J connectivity index is 1.55. The molecule has 0 radical (unpaired) electrons. The second-order valence-electron chi connectivity index (χ2n) is 10.7. The van der Waals surface area contributed by atoms with Gasteiger partial charge in [0.05, 0.1) is 25.2 Å². The molecule has 1 fully saturated rings. The molecule has 1 aliphatic heterocycles. The molecule has 0 spiro atoms. The average molecular weight is 582 g/mol. The molecule has 43 heavy (non-hydrogen) atoms. The number of esters is 2. The van der Waals surface area contributed by atoms with Crippen molar-refractivity contribution >= 4 is 23.4 Å². The molecule has 8 nitrogen and oxygen atoms in total. The van der Waals surface area contributed by atoms with Gasteiger partial charge >= 0.3 is 11.9 Å². The quantitative estimate of drug-likeness (QED) is 0.215. The molecule has 0 N–H and O–H groups in total. The first-order valence-electron chi connectivity index (χ1n) is 14.4. The zero-order chi connectivity index (χ0) is 30.5. The second-order valence-corrected chi connectivity index (χ2v) is 10.7. The van der Waals surface area contributed by atoms with Gasteiger partial charge < -0.3 is 18.9 Å². The van der Waals surface area contributed by atoms with E-state index in [9.17, 15) is 14.4 Å². The van der Waals surface area contributed by atoms with Crippen LogP contribution in [0.1, 0.15) is 62.1 Å². The number of fused-ring (bicyclic) bond motifs is 1. The lowest BCUT2D eigenvalue weighted by atomic mass is 9.66. The summed E-state index contributed by atoms with van der Waals surface area (Å²) in [6.45, 7) is 5.36. The minimum absolute atomic E-state index is 0.00120. The van der Waals surface area contributed by atoms with Crippen molar-refractivity contribution in [3.05, 3.63) is 101 Å². The number of ketones is 1. The SMILES string of the molecule is CCOc1cc([C@H]2C(C(=O)OCc3ccccc3)=C(C)N=C3C[C@@H](c4ccc(OC)cc4)CC(=O)C32)ccc1OC(C)=O. The second kappa shape index (κ2) is 13.1. The van der Waals surface area contributed by atoms with Crippen LogP contribution in [0.4, 0.5) is 0 Å². The zero-order valence-electron chi connectivity index (χ0n) is 24.8. The van der Waals surface area contributed by atoms with Gasteiger partial charge in [-0.15, -0.1) is 0 Å². The van der Waals surface area contributed by atoms with Gasteiger partial charge in [-0.1, -0.05) is 48.5 Å². The molecular weight excluding hydrogens is 546 g/mol. The first-order chi connectivity index (χ1) is 20.8. The fraction of sp³-hybridized carbons (Fsp3) is 0.314. The van der Waals surface area contributed by atoms with Gasteiger partial charge in [0, 0.05) is 30.7 Å². The molecule has 1 saturated carbocycles. The number of nitrogens with zero attached hydrogens (tertiary/aromatic N) is 1. The number of hydrogen-bond donors (Lipinski definition) is 0. The standard InChI is InChI=1S/C35H35NO7/c1-5-41-31-19-25(13-16-30(31)43-22(3)37)33-32(35(39)42-20-23-9-7-6-8-10-23)21(2)36-28-17-26(18-29(38)34(28)33)24-11-14-27(40-4)15-12-24/h6-16,19,26,33-34H,5,17-18,20H2,1-4H3/t26-,33+,34?/m1/s1. The average Bonchev–Trinajstić information content (AvgIpc) is 3.00. The predicted molar refractivity (Wildman–Crippen MR) is 161 cm³/mol. The molecule has 2 aliphatic rings. The molecule has 3 aromatic carbocycles. The molecule has 0 aromatic heterocycles. The van der Waals surface area contributed by atoms with Crippen molar-refractivity contribution in [1.29, 1.82) is 0 Å². The molecule has 1 heterocycles. The minimum Gasteiger partial charge on any atom is -0.497 e. The summed E-state index contributed by atoms with van der Waals surface area (Å²) in [5.41, 5.74) is 4.15. The van der Waals surface area contributed by atoms with E-state index in [0.29, 0.717) is 42.0 Å². The van der Waals surface area contributed by atoms with Gasteiger partial charge in [-0.2, -0.15) is 0 Å². The Morgan fingerprint density at radius 3 is 2.30 bits per heavy atom. The first kappa shape index (κ1) is 29.8. The summed E-state index contributed by atoms with van der Waals surface area (Å²) in [6.07, 6.45) is 0.883. The van der Waals surface area contributed by atoms with Gasteiger partial charge in [0.2, 0.25) is 0 Å². The highest BCUT2D eigenvalue weighted by Crippen LogP contribution is 2.47. The summed E-state index contributed by atoms with van der Waals surface area (Å²) in [5, 5.41) is 0. The van der Waals surface area contributed by atoms with Crippen LogP contribution >= 0.6 is 0 Å². The smallest absolute Gasteiger partial charge is 0.336 e. The molecule has 222 valence electrons. The Labute approximate surface area is 251 Å². The lowest BCUT2D eigenvalue weighted by Gasteiger charge is -2.38. The topological polar surface area (TPSA) is 100 Å². The number of hydrogen-bond acceptors (Lipinski definition) is 8. The van der Waals surface area contributed by atoms with Gasteiger partial charge in [0.25, 0.3) is 0 Å². The third-order valence-electron chi connectivity index (χ3n) is 7.85. The van der Waals surface area contributed by atoms with E-state index < -0.39 is 23.8 Å². The fourth-order valence-corrected chi connectivity index (χ4v) is 5.94. The largest absolute Gasteiger partial charge is 0.497 e. The zero-order valence-corrected chi connectivity index (χ0v) is 24.8. The third-order valence-corrected chi connectivity index (χ3v) is 7.85. The number of aliphatic imine (C=N–C) groups is 1. The maximum Gasteiger partial charge on any atom is 0.336 e. The van der Waals surface area contributed by atoms with Gasteiger partial charge in [0.15, 0.2) is 11.5 Å². The first-order valence-corrected chi connectivity index (χ1v) is 14.4. The normalized spacial score (nSPS) is 19.7. The highest BCUT2D eigenvalue weighted by molar-refractivity contribution is 6.12. The molecule has 3 aromatic rings. The van der Waals surface area contributed by atoms with Crippen molar-refractivity contribution in [1.82, 2.24) is 0 Å². The van der Waals surface area contributed by atoms with Crippen molar-refractivity contribution in [2.45, 2.75) is 52.1 Å². The van der Waals surface area contributed by atoms with Crippen LogP contribution in [0.25, 0.3) is 0 Å². The van der Waals surface area contributed by atoms with Gasteiger partial charge in [-0.25, -0.2) is 4.79 Å². The summed E-state index contributed by atoms with van der Waals surface area (Å²) >= 11 is 0. The number of benzene rings is 3. The van der Waals surface area contributed by atoms with Crippen molar-refractivity contribution in [3.63, 3.8) is 0 Å². The monoisotopic (exact) mass is 581 g/mol. The van der Waals surface area contributed by atoms with Gasteiger partial charge in [-0.3, -0.25) is 14.6 Å². The van der Waals surface area contributed by atoms with Crippen molar-refractivity contribution in [2.24, 2.45) is 10.9 Å². The van der Waals surface area contributed by atoms with Crippen LogP contribution in [0.2, 0.25) is 0 Å². The maximum absolute atomic E-state index is 14.0. The van der Waals surface area contributed by atoms with E-state index in [-0.39, 0.29) is 24.1 Å². The van der Waals surface area contributed by atoms with Crippen LogP contribution in [-0.4, -0.2) is 37.2 Å². The molecule has 0 saturated heterocycles. The van der Waals surface area contributed by atoms with E-state index in [1.807, 2.05) is 61.5 Å². The van der Waals surface area contributed by atoms with Crippen LogP contribution in [0.5, 0.6) is 17.2 Å². The number of carbonyl (C=O) groups excluding carboxylic acids is 3. The Kier molecular flexibility index (Phi) is 9.04. The summed E-state index contributed by atoms with van der Waals surface area (Å²) in [6, 6.07) is 22.3. The number of rotatable bonds is 9. The van der Waals surface area contributed by atoms with Crippen molar-refractivity contribution in [3.8, 4) is 17.2 Å². The maximum atomic E-state index is 14.0. The van der Waals surface area contributed by atoms with Crippen LogP contribution in [0, 0.1) is 5.92 Å². The Bertz CT molecular complexity index is 1570. The minimum atomic E-state index is -0.648. The lowest BCUT2D eigenvalue weighted by molar-refractivity contribution is -0.141. The number of Topliss-reactive ketones (excluding diaryl/α,β-unsaturated/α-hetero) is 1. The van der Waals surface area contributed by atoms with Gasteiger partial charge in [0.1, 0.15) is 18.1 Å². The number of allylic oxidation sites excluding steroid dienone is 1. The van der Waals surface area contributed by atoms with Crippen LogP contribution < -0.4 is 14.2 Å². The lowest BCUT2D eigenvalue weighted by Crippen LogP contribution is -2.41. The molecular formula is C35H35NO7. The summed E-state index contributed by atoms with van der Waals surface area (Å²) in [5.74, 6) is -0.970. The van der Waals surface area contributed by atoms with E-state index in [1.165, 1.54) is 6.92 Å². The van der Waals surface area contributed by atoms with Crippen LogP contribution in [-0.2, 0) is 25.7 Å². The van der Waals surface area contributed by atoms with Crippen molar-refractivity contribution in [2.75, 3.05) is 13.7 Å². The predicted octanol–water partition coefficient (Wildman–Crippen LogP) is 6.34. The molecule has 1 aliphatic carbocycles. The molecule has 3 atom stereocenters. The van der Waals surface area contributed by atoms with Crippen LogP contribution in [0.15, 0.2) is 89.1 Å². The van der Waals surface area contributed by atoms with E-state index in [2.05, 4.69) is 0 Å². The van der Waals surface area contributed by atoms with E-state index in [0.717, 1.165) is 22.6 Å². The van der Waals surface area contributed by atoms with Crippen LogP contribution in [0.3, 0.4) is 0 Å². The Hall–Kier alpha value is -4.72. The number of carbonyl (C=O) groups is 3. The highest BCUT2D eigenvalue weighted by atomic mass is 16.6. The fourth-order valence-electron chi connectivity index (χ4n) is 5.94. The highest BCUT2D eigenvalue weighted by Gasteiger charge is 2.46. The molecule has 8 heteroatoms. The van der Waals surface area contributed by atoms with E-state index in [4.69, 9.17) is 23.9 Å². The van der Waals surface area contributed by atoms with Crippen molar-refractivity contribution < 1.29 is 33.3 Å². The van der Waals surface area contributed by atoms with E-state index >= 15 is 0 Å². The third kappa shape index (κ3) is 6.53. The Morgan fingerprint density at radius 1 is 0.907 bits per heavy atom. The molecule has 0 bridgehead atoms. The summed E-state index contributed by atoms with van der Waals surface area (Å²) in [4.78, 5) is 44.4. The van der Waals surface area contributed by atoms with E-state index in [1.54, 1.807) is 32.2 Å². The summed E-state index contributed by atoms with van der Waals surface area (Å²) < 4.78 is 22.3. The number of methoxy groups -OCH3 is 1.